The molecule has 1 aliphatic rings. The van der Waals surface area contributed by atoms with Crippen molar-refractivity contribution in [2.45, 2.75) is 51.7 Å². The molecule has 1 aliphatic heterocycles. The summed E-state index contributed by atoms with van der Waals surface area (Å²) in [5.41, 5.74) is 0.210. The van der Waals surface area contributed by atoms with E-state index < -0.39 is 5.60 Å². The van der Waals surface area contributed by atoms with E-state index in [0.29, 0.717) is 0 Å². The van der Waals surface area contributed by atoms with Crippen LogP contribution in [0.1, 0.15) is 45.2 Å². The summed E-state index contributed by atoms with van der Waals surface area (Å²) in [6, 6.07) is 0. The van der Waals surface area contributed by atoms with Crippen molar-refractivity contribution >= 4 is 15.9 Å². The Labute approximate surface area is 123 Å². The van der Waals surface area contributed by atoms with E-state index in [9.17, 15) is 5.11 Å². The quantitative estimate of drug-likeness (QED) is 0.923. The second kappa shape index (κ2) is 6.37. The monoisotopic (exact) mass is 329 g/mol. The van der Waals surface area contributed by atoms with E-state index in [4.69, 9.17) is 0 Å². The molecule has 1 atom stereocenters. The first-order valence-electron chi connectivity index (χ1n) is 7.27. The van der Waals surface area contributed by atoms with Gasteiger partial charge in [0, 0.05) is 13.1 Å². The molecule has 1 unspecified atom stereocenters. The van der Waals surface area contributed by atoms with Crippen LogP contribution in [0.2, 0.25) is 0 Å². The largest absolute Gasteiger partial charge is 0.383 e. The van der Waals surface area contributed by atoms with Gasteiger partial charge in [-0.25, -0.2) is 0 Å². The van der Waals surface area contributed by atoms with E-state index in [1.165, 1.54) is 6.42 Å². The molecule has 5 heteroatoms. The molecule has 0 aromatic carbocycles. The number of aromatic nitrogens is 2. The second-order valence-electron chi connectivity index (χ2n) is 5.38. The molecule has 0 saturated carbocycles. The lowest BCUT2D eigenvalue weighted by Gasteiger charge is -2.28. The maximum Gasteiger partial charge on any atom is 0.109 e. The Kier molecular flexibility index (Phi) is 5.03. The van der Waals surface area contributed by atoms with Crippen LogP contribution in [0.5, 0.6) is 0 Å². The zero-order valence-electron chi connectivity index (χ0n) is 11.9. The van der Waals surface area contributed by atoms with Crippen molar-refractivity contribution in [3.05, 3.63) is 16.4 Å². The van der Waals surface area contributed by atoms with Crippen LogP contribution >= 0.6 is 15.9 Å². The summed E-state index contributed by atoms with van der Waals surface area (Å²) < 4.78 is 2.85. The summed E-state index contributed by atoms with van der Waals surface area (Å²) in [5, 5.41) is 15.4. The topological polar surface area (TPSA) is 41.3 Å². The molecule has 4 nitrogen and oxygen atoms in total. The third-order valence-electron chi connectivity index (χ3n) is 3.98. The molecular weight excluding hydrogens is 306 g/mol. The predicted molar refractivity (Wildman–Crippen MR) is 80.1 cm³/mol. The predicted octanol–water partition coefficient (Wildman–Crippen LogP) is 2.75. The zero-order chi connectivity index (χ0) is 13.9. The fourth-order valence-electron chi connectivity index (χ4n) is 3.02. The maximum atomic E-state index is 11.1. The molecule has 0 amide bonds. The van der Waals surface area contributed by atoms with Gasteiger partial charge in [0.15, 0.2) is 0 Å². The summed E-state index contributed by atoms with van der Waals surface area (Å²) in [5.74, 6) is 0. The smallest absolute Gasteiger partial charge is 0.109 e. The summed E-state index contributed by atoms with van der Waals surface area (Å²) in [7, 11) is 0. The van der Waals surface area contributed by atoms with Crippen molar-refractivity contribution in [1.82, 2.24) is 14.7 Å². The van der Waals surface area contributed by atoms with Crippen LogP contribution < -0.4 is 0 Å². The van der Waals surface area contributed by atoms with Crippen LogP contribution in [-0.2, 0) is 12.1 Å². The first kappa shape index (κ1) is 15.0. The highest BCUT2D eigenvalue weighted by molar-refractivity contribution is 9.10. The van der Waals surface area contributed by atoms with Crippen molar-refractivity contribution in [2.24, 2.45) is 0 Å². The van der Waals surface area contributed by atoms with E-state index in [1.54, 1.807) is 6.20 Å². The third-order valence-corrected chi connectivity index (χ3v) is 4.56. The van der Waals surface area contributed by atoms with Crippen molar-refractivity contribution in [1.29, 1.82) is 0 Å². The summed E-state index contributed by atoms with van der Waals surface area (Å²) in [6.07, 6.45) is 5.62. The molecule has 0 spiro atoms. The number of aryl methyl sites for hydroxylation is 1. The van der Waals surface area contributed by atoms with Crippen LogP contribution in [-0.4, -0.2) is 39.4 Å². The minimum absolute atomic E-state index is 0.742. The molecule has 108 valence electrons. The van der Waals surface area contributed by atoms with Gasteiger partial charge in [0.05, 0.1) is 16.4 Å². The van der Waals surface area contributed by atoms with E-state index in [2.05, 4.69) is 39.8 Å². The Balaban J connectivity index is 2.20. The number of rotatable bonds is 4. The Morgan fingerprint density at radius 1 is 1.37 bits per heavy atom. The fraction of sp³-hybridized carbons (Fsp3) is 0.786. The van der Waals surface area contributed by atoms with Gasteiger partial charge >= 0.3 is 0 Å². The van der Waals surface area contributed by atoms with Gasteiger partial charge < -0.3 is 10.0 Å². The molecule has 0 radical (unpaired) electrons. The number of hydrogen-bond acceptors (Lipinski definition) is 3. The standard InChI is InChI=1S/C14H24BrN3O/c1-3-8-17-9-5-6-14(19,7-10-17)13-12(15)11-16-18(13)4-2/h11,19H,3-10H2,1-2H3. The average molecular weight is 330 g/mol. The van der Waals surface area contributed by atoms with Gasteiger partial charge in [-0.15, -0.1) is 0 Å². The lowest BCUT2D eigenvalue weighted by atomic mass is 9.91. The molecule has 2 rings (SSSR count). The third kappa shape index (κ3) is 3.20. The minimum Gasteiger partial charge on any atom is -0.383 e. The number of hydrogen-bond donors (Lipinski definition) is 1. The fourth-order valence-corrected chi connectivity index (χ4v) is 3.68. The molecule has 1 saturated heterocycles. The summed E-state index contributed by atoms with van der Waals surface area (Å²) in [6.45, 7) is 8.25. The normalized spacial score (nSPS) is 25.5. The van der Waals surface area contributed by atoms with Crippen LogP contribution in [0.3, 0.4) is 0 Å². The van der Waals surface area contributed by atoms with E-state index >= 15 is 0 Å². The molecule has 0 aliphatic carbocycles. The van der Waals surface area contributed by atoms with Crippen LogP contribution in [0.15, 0.2) is 10.7 Å². The van der Waals surface area contributed by atoms with Crippen molar-refractivity contribution < 1.29 is 5.11 Å². The van der Waals surface area contributed by atoms with Gasteiger partial charge in [-0.2, -0.15) is 5.10 Å². The Hall–Kier alpha value is -0.390. The SMILES string of the molecule is CCCN1CCCC(O)(c2c(Br)cnn2CC)CC1. The first-order valence-corrected chi connectivity index (χ1v) is 8.06. The van der Waals surface area contributed by atoms with Gasteiger partial charge in [-0.1, -0.05) is 6.92 Å². The second-order valence-corrected chi connectivity index (χ2v) is 6.24. The zero-order valence-corrected chi connectivity index (χ0v) is 13.5. The molecule has 1 aromatic rings. The van der Waals surface area contributed by atoms with Crippen LogP contribution in [0.4, 0.5) is 0 Å². The van der Waals surface area contributed by atoms with Crippen LogP contribution in [0, 0.1) is 0 Å². The first-order chi connectivity index (χ1) is 9.10. The highest BCUT2D eigenvalue weighted by Crippen LogP contribution is 2.36. The molecule has 0 bridgehead atoms. The van der Waals surface area contributed by atoms with Crippen molar-refractivity contribution in [2.75, 3.05) is 19.6 Å². The number of nitrogens with zero attached hydrogens (tertiary/aromatic N) is 3. The van der Waals surface area contributed by atoms with Crippen LogP contribution in [0.25, 0.3) is 0 Å². The molecule has 19 heavy (non-hydrogen) atoms. The van der Waals surface area contributed by atoms with E-state index in [0.717, 1.165) is 55.6 Å². The minimum atomic E-state index is -0.742. The highest BCUT2D eigenvalue weighted by Gasteiger charge is 2.36. The summed E-state index contributed by atoms with van der Waals surface area (Å²) in [4.78, 5) is 2.46. The lowest BCUT2D eigenvalue weighted by molar-refractivity contribution is 0.0119. The Bertz CT molecular complexity index is 421. The highest BCUT2D eigenvalue weighted by atomic mass is 79.9. The Morgan fingerprint density at radius 3 is 2.84 bits per heavy atom. The molecule has 1 aromatic heterocycles. The van der Waals surface area contributed by atoms with Gasteiger partial charge in [0.2, 0.25) is 0 Å². The van der Waals surface area contributed by atoms with Crippen molar-refractivity contribution in [3.8, 4) is 0 Å². The van der Waals surface area contributed by atoms with Crippen molar-refractivity contribution in [3.63, 3.8) is 0 Å². The number of aliphatic hydroxyl groups is 1. The van der Waals surface area contributed by atoms with Gasteiger partial charge in [-0.05, 0) is 61.6 Å². The van der Waals surface area contributed by atoms with Gasteiger partial charge in [0.25, 0.3) is 0 Å². The van der Waals surface area contributed by atoms with E-state index in [-0.39, 0.29) is 0 Å². The molecule has 2 heterocycles. The molecule has 1 fully saturated rings. The van der Waals surface area contributed by atoms with Gasteiger partial charge in [0.1, 0.15) is 5.60 Å². The summed E-state index contributed by atoms with van der Waals surface area (Å²) >= 11 is 3.54. The molecular formula is C14H24BrN3O. The maximum absolute atomic E-state index is 11.1. The Morgan fingerprint density at radius 2 is 2.16 bits per heavy atom. The number of likely N-dealkylation sites (tertiary alicyclic amines) is 1. The van der Waals surface area contributed by atoms with Gasteiger partial charge in [-0.3, -0.25) is 4.68 Å². The average Bonchev–Trinajstić information content (AvgIpc) is 2.67. The molecule has 1 N–H and O–H groups in total. The van der Waals surface area contributed by atoms with E-state index in [1.807, 2.05) is 4.68 Å². The lowest BCUT2D eigenvalue weighted by Crippen LogP contribution is -2.32. The number of halogens is 1.